The highest BCUT2D eigenvalue weighted by atomic mass is 19.3. The number of hydrogen-bond acceptors (Lipinski definition) is 2. The third-order valence-electron chi connectivity index (χ3n) is 1.63. The first-order valence-corrected chi connectivity index (χ1v) is 3.84. The van der Waals surface area contributed by atoms with Gasteiger partial charge in [-0.25, -0.2) is 8.78 Å². The van der Waals surface area contributed by atoms with Crippen molar-refractivity contribution in [1.29, 1.82) is 0 Å². The number of nitrogens with two attached hydrogens (primary N) is 2. The Bertz CT molecular complexity index is 155. The van der Waals surface area contributed by atoms with E-state index in [1.165, 1.54) is 6.92 Å². The van der Waals surface area contributed by atoms with Crippen molar-refractivity contribution in [2.75, 3.05) is 6.54 Å². The molecule has 0 saturated carbocycles. The van der Waals surface area contributed by atoms with Crippen molar-refractivity contribution >= 4 is 0 Å². The molecule has 12 heavy (non-hydrogen) atoms. The Hall–Kier alpha value is -0.480. The van der Waals surface area contributed by atoms with Gasteiger partial charge in [-0.2, -0.15) is 0 Å². The van der Waals surface area contributed by atoms with Gasteiger partial charge in [-0.1, -0.05) is 12.2 Å². The van der Waals surface area contributed by atoms with Crippen LogP contribution in [0.1, 0.15) is 19.8 Å². The van der Waals surface area contributed by atoms with Gasteiger partial charge in [-0.3, -0.25) is 0 Å². The maximum atomic E-state index is 12.2. The normalized spacial score (nSPS) is 16.2. The van der Waals surface area contributed by atoms with Gasteiger partial charge in [0.05, 0.1) is 5.54 Å². The van der Waals surface area contributed by atoms with Crippen LogP contribution in [0.25, 0.3) is 0 Å². The summed E-state index contributed by atoms with van der Waals surface area (Å²) in [5.41, 5.74) is 9.79. The van der Waals surface area contributed by atoms with Crippen molar-refractivity contribution in [3.05, 3.63) is 12.2 Å². The van der Waals surface area contributed by atoms with Crippen molar-refractivity contribution in [2.45, 2.75) is 31.7 Å². The summed E-state index contributed by atoms with van der Waals surface area (Å²) in [6.07, 6.45) is -1.84. The van der Waals surface area contributed by atoms with Gasteiger partial charge >= 0.3 is 0 Å². The van der Waals surface area contributed by atoms with E-state index in [1.807, 2.05) is 0 Å². The molecule has 0 aliphatic rings. The lowest BCUT2D eigenvalue weighted by atomic mass is 9.94. The maximum absolute atomic E-state index is 12.2. The molecule has 0 aliphatic carbocycles. The van der Waals surface area contributed by atoms with E-state index >= 15 is 0 Å². The average molecular weight is 178 g/mol. The zero-order valence-corrected chi connectivity index (χ0v) is 7.32. The molecule has 0 aromatic rings. The van der Waals surface area contributed by atoms with Gasteiger partial charge in [0.25, 0.3) is 6.43 Å². The van der Waals surface area contributed by atoms with E-state index in [0.29, 0.717) is 18.5 Å². The van der Waals surface area contributed by atoms with Crippen LogP contribution in [0.5, 0.6) is 0 Å². The molecule has 72 valence electrons. The molecule has 0 amide bonds. The van der Waals surface area contributed by atoms with Gasteiger partial charge in [-0.05, 0) is 26.3 Å². The van der Waals surface area contributed by atoms with Gasteiger partial charge in [-0.15, -0.1) is 0 Å². The van der Waals surface area contributed by atoms with E-state index in [9.17, 15) is 8.78 Å². The molecule has 0 aliphatic heterocycles. The Morgan fingerprint density at radius 3 is 2.42 bits per heavy atom. The third-order valence-corrected chi connectivity index (χ3v) is 1.63. The summed E-state index contributed by atoms with van der Waals surface area (Å²) < 4.78 is 24.4. The minimum atomic E-state index is -2.52. The molecule has 0 bridgehead atoms. The molecule has 1 unspecified atom stereocenters. The molecule has 0 aromatic carbocycles. The summed E-state index contributed by atoms with van der Waals surface area (Å²) in [5.74, 6) is 0. The van der Waals surface area contributed by atoms with Crippen LogP contribution in [-0.2, 0) is 0 Å². The van der Waals surface area contributed by atoms with E-state index in [-0.39, 0.29) is 6.42 Å². The second kappa shape index (κ2) is 4.52. The Labute approximate surface area is 71.6 Å². The quantitative estimate of drug-likeness (QED) is 0.623. The number of halogens is 2. The SMILES string of the molecule is C=C(CCN)CC(C)(N)C(F)F. The lowest BCUT2D eigenvalue weighted by molar-refractivity contribution is 0.0636. The lowest BCUT2D eigenvalue weighted by Gasteiger charge is -2.24. The van der Waals surface area contributed by atoms with Crippen molar-refractivity contribution in [3.63, 3.8) is 0 Å². The number of alkyl halides is 2. The van der Waals surface area contributed by atoms with Gasteiger partial charge in [0.15, 0.2) is 0 Å². The fraction of sp³-hybridized carbons (Fsp3) is 0.750. The standard InChI is InChI=1S/C8H16F2N2/c1-6(3-4-11)5-8(2,12)7(9)10/h7H,1,3-5,11-12H2,2H3. The van der Waals surface area contributed by atoms with E-state index in [1.54, 1.807) is 0 Å². The van der Waals surface area contributed by atoms with Gasteiger partial charge in [0.1, 0.15) is 0 Å². The predicted molar refractivity (Wildman–Crippen MR) is 46.0 cm³/mol. The van der Waals surface area contributed by atoms with Gasteiger partial charge < -0.3 is 11.5 Å². The summed E-state index contributed by atoms with van der Waals surface area (Å²) in [6, 6.07) is 0. The fourth-order valence-corrected chi connectivity index (χ4v) is 0.908. The van der Waals surface area contributed by atoms with Gasteiger partial charge in [0.2, 0.25) is 0 Å². The first kappa shape index (κ1) is 11.5. The van der Waals surface area contributed by atoms with Crippen LogP contribution in [-0.4, -0.2) is 18.5 Å². The van der Waals surface area contributed by atoms with E-state index < -0.39 is 12.0 Å². The Morgan fingerprint density at radius 1 is 1.58 bits per heavy atom. The second-order valence-electron chi connectivity index (χ2n) is 3.27. The zero-order chi connectivity index (χ0) is 9.78. The number of rotatable bonds is 5. The molecule has 0 aromatic heterocycles. The largest absolute Gasteiger partial charge is 0.330 e. The highest BCUT2D eigenvalue weighted by molar-refractivity contribution is 5.03. The molecule has 0 saturated heterocycles. The Balaban J connectivity index is 3.97. The zero-order valence-electron chi connectivity index (χ0n) is 7.32. The van der Waals surface area contributed by atoms with E-state index in [2.05, 4.69) is 6.58 Å². The summed E-state index contributed by atoms with van der Waals surface area (Å²) in [4.78, 5) is 0. The van der Waals surface area contributed by atoms with Crippen LogP contribution < -0.4 is 11.5 Å². The molecule has 0 radical (unpaired) electrons. The highest BCUT2D eigenvalue weighted by Crippen LogP contribution is 2.21. The minimum Gasteiger partial charge on any atom is -0.330 e. The third kappa shape index (κ3) is 3.78. The molecule has 4 N–H and O–H groups in total. The summed E-state index contributed by atoms with van der Waals surface area (Å²) in [5, 5.41) is 0. The van der Waals surface area contributed by atoms with Crippen LogP contribution in [0.3, 0.4) is 0 Å². The maximum Gasteiger partial charge on any atom is 0.256 e. The molecule has 0 heterocycles. The molecule has 0 spiro atoms. The first-order chi connectivity index (χ1) is 5.40. The average Bonchev–Trinajstić information content (AvgIpc) is 1.85. The van der Waals surface area contributed by atoms with Crippen LogP contribution in [0.4, 0.5) is 8.78 Å². The monoisotopic (exact) mass is 178 g/mol. The molecular weight excluding hydrogens is 162 g/mol. The Morgan fingerprint density at radius 2 is 2.08 bits per heavy atom. The van der Waals surface area contributed by atoms with Gasteiger partial charge in [0, 0.05) is 0 Å². The minimum absolute atomic E-state index is 0.127. The smallest absolute Gasteiger partial charge is 0.256 e. The summed E-state index contributed by atoms with van der Waals surface area (Å²) in [6.45, 7) is 5.37. The van der Waals surface area contributed by atoms with E-state index in [4.69, 9.17) is 11.5 Å². The molecular formula is C8H16F2N2. The molecule has 2 nitrogen and oxygen atoms in total. The predicted octanol–water partition coefficient (Wildman–Crippen LogP) is 1.26. The molecule has 4 heteroatoms. The van der Waals surface area contributed by atoms with Crippen LogP contribution in [0.2, 0.25) is 0 Å². The lowest BCUT2D eigenvalue weighted by Crippen LogP contribution is -2.44. The molecule has 1 atom stereocenters. The fourth-order valence-electron chi connectivity index (χ4n) is 0.908. The highest BCUT2D eigenvalue weighted by Gasteiger charge is 2.30. The Kier molecular flexibility index (Phi) is 4.34. The first-order valence-electron chi connectivity index (χ1n) is 3.84. The van der Waals surface area contributed by atoms with E-state index in [0.717, 1.165) is 0 Å². The molecule has 0 fully saturated rings. The van der Waals surface area contributed by atoms with Crippen LogP contribution in [0.15, 0.2) is 12.2 Å². The van der Waals surface area contributed by atoms with Crippen molar-refractivity contribution < 1.29 is 8.78 Å². The second-order valence-corrected chi connectivity index (χ2v) is 3.27. The number of hydrogen-bond donors (Lipinski definition) is 2. The topological polar surface area (TPSA) is 52.0 Å². The van der Waals surface area contributed by atoms with Crippen molar-refractivity contribution in [2.24, 2.45) is 11.5 Å². The summed E-state index contributed by atoms with van der Waals surface area (Å²) >= 11 is 0. The van der Waals surface area contributed by atoms with Crippen LogP contribution in [0, 0.1) is 0 Å². The summed E-state index contributed by atoms with van der Waals surface area (Å²) in [7, 11) is 0. The molecule has 0 rings (SSSR count). The van der Waals surface area contributed by atoms with Crippen LogP contribution >= 0.6 is 0 Å². The van der Waals surface area contributed by atoms with Crippen molar-refractivity contribution in [3.8, 4) is 0 Å². The van der Waals surface area contributed by atoms with Crippen molar-refractivity contribution in [1.82, 2.24) is 0 Å².